The quantitative estimate of drug-likeness (QED) is 0.626. The number of H-pyrrole nitrogens is 1. The standard InChI is InChI=1S/C16H24N2O3/c1-10(2)17-7-13(20)9-21-16-5-11(3)4-15-14(16)6-12(8-19)18-15/h4-6,10,13,17-20H,7-9H2,1-3H3. The number of aliphatic hydroxyl groups excluding tert-OH is 2. The fourth-order valence-electron chi connectivity index (χ4n) is 2.22. The summed E-state index contributed by atoms with van der Waals surface area (Å²) < 4.78 is 5.76. The minimum absolute atomic E-state index is 0.0336. The molecule has 0 bridgehead atoms. The van der Waals surface area contributed by atoms with Crippen LogP contribution in [0, 0.1) is 6.92 Å². The van der Waals surface area contributed by atoms with Crippen LogP contribution in [0.4, 0.5) is 0 Å². The van der Waals surface area contributed by atoms with Crippen LogP contribution in [0.1, 0.15) is 25.1 Å². The summed E-state index contributed by atoms with van der Waals surface area (Å²) >= 11 is 0. The maximum atomic E-state index is 9.92. The highest BCUT2D eigenvalue weighted by Gasteiger charge is 2.11. The van der Waals surface area contributed by atoms with Gasteiger partial charge in [-0.25, -0.2) is 0 Å². The van der Waals surface area contributed by atoms with Crippen LogP contribution in [0.3, 0.4) is 0 Å². The molecule has 0 radical (unpaired) electrons. The first-order valence-electron chi connectivity index (χ1n) is 7.27. The number of ether oxygens (including phenoxy) is 1. The van der Waals surface area contributed by atoms with E-state index in [9.17, 15) is 10.2 Å². The van der Waals surface area contributed by atoms with Crippen molar-refractivity contribution in [3.8, 4) is 5.75 Å². The van der Waals surface area contributed by atoms with E-state index in [1.165, 1.54) is 0 Å². The predicted octanol–water partition coefficient (Wildman–Crippen LogP) is 1.71. The Morgan fingerprint density at radius 3 is 2.71 bits per heavy atom. The molecule has 0 aliphatic rings. The number of aromatic nitrogens is 1. The van der Waals surface area contributed by atoms with Gasteiger partial charge >= 0.3 is 0 Å². The lowest BCUT2D eigenvalue weighted by Crippen LogP contribution is -2.35. The monoisotopic (exact) mass is 292 g/mol. The Bertz CT molecular complexity index is 592. The zero-order chi connectivity index (χ0) is 15.4. The molecular formula is C16H24N2O3. The molecule has 1 unspecified atom stereocenters. The number of rotatable bonds is 7. The molecule has 1 heterocycles. The van der Waals surface area contributed by atoms with Crippen LogP contribution in [-0.4, -0.2) is 40.5 Å². The van der Waals surface area contributed by atoms with E-state index in [2.05, 4.69) is 10.3 Å². The molecule has 0 aliphatic carbocycles. The van der Waals surface area contributed by atoms with Crippen molar-refractivity contribution < 1.29 is 14.9 Å². The second-order valence-corrected chi connectivity index (χ2v) is 5.70. The molecule has 5 nitrogen and oxygen atoms in total. The molecule has 0 spiro atoms. The summed E-state index contributed by atoms with van der Waals surface area (Å²) in [6, 6.07) is 6.17. The van der Waals surface area contributed by atoms with E-state index in [1.807, 2.05) is 39.0 Å². The molecule has 0 saturated carbocycles. The first kappa shape index (κ1) is 15.8. The van der Waals surface area contributed by atoms with E-state index in [-0.39, 0.29) is 13.2 Å². The van der Waals surface area contributed by atoms with Crippen molar-refractivity contribution in [3.05, 3.63) is 29.5 Å². The van der Waals surface area contributed by atoms with Gasteiger partial charge in [0.05, 0.1) is 6.61 Å². The lowest BCUT2D eigenvalue weighted by atomic mass is 10.1. The molecule has 21 heavy (non-hydrogen) atoms. The Morgan fingerprint density at radius 1 is 1.29 bits per heavy atom. The van der Waals surface area contributed by atoms with Crippen LogP contribution in [0.5, 0.6) is 5.75 Å². The van der Waals surface area contributed by atoms with Gasteiger partial charge in [0.1, 0.15) is 18.5 Å². The Labute approximate surface area is 124 Å². The van der Waals surface area contributed by atoms with Crippen molar-refractivity contribution in [2.45, 2.75) is 39.5 Å². The third kappa shape index (κ3) is 4.20. The number of aryl methyl sites for hydroxylation is 1. The number of benzene rings is 1. The Hall–Kier alpha value is -1.56. The van der Waals surface area contributed by atoms with E-state index in [1.54, 1.807) is 0 Å². The molecule has 0 saturated heterocycles. The Kier molecular flexibility index (Phi) is 5.22. The van der Waals surface area contributed by atoms with Crippen LogP contribution in [0.15, 0.2) is 18.2 Å². The number of nitrogens with one attached hydrogen (secondary N) is 2. The van der Waals surface area contributed by atoms with E-state index < -0.39 is 6.10 Å². The number of aliphatic hydroxyl groups is 2. The van der Waals surface area contributed by atoms with Crippen molar-refractivity contribution in [1.82, 2.24) is 10.3 Å². The van der Waals surface area contributed by atoms with E-state index in [4.69, 9.17) is 4.74 Å². The first-order chi connectivity index (χ1) is 9.99. The van der Waals surface area contributed by atoms with Gasteiger partial charge in [0.2, 0.25) is 0 Å². The topological polar surface area (TPSA) is 77.5 Å². The Morgan fingerprint density at radius 2 is 2.05 bits per heavy atom. The van der Waals surface area contributed by atoms with Gasteiger partial charge in [-0.05, 0) is 30.7 Å². The summed E-state index contributed by atoms with van der Waals surface area (Å²) in [4.78, 5) is 3.15. The predicted molar refractivity (Wildman–Crippen MR) is 83.6 cm³/mol. The average molecular weight is 292 g/mol. The van der Waals surface area contributed by atoms with E-state index in [0.717, 1.165) is 27.9 Å². The van der Waals surface area contributed by atoms with Crippen molar-refractivity contribution in [2.24, 2.45) is 0 Å². The molecule has 2 rings (SSSR count). The average Bonchev–Trinajstić information content (AvgIpc) is 2.85. The van der Waals surface area contributed by atoms with Crippen LogP contribution in [0.25, 0.3) is 10.9 Å². The molecule has 116 valence electrons. The van der Waals surface area contributed by atoms with E-state index in [0.29, 0.717) is 12.6 Å². The van der Waals surface area contributed by atoms with Gasteiger partial charge in [0.25, 0.3) is 0 Å². The van der Waals surface area contributed by atoms with Gasteiger partial charge in [-0.15, -0.1) is 0 Å². The van der Waals surface area contributed by atoms with E-state index >= 15 is 0 Å². The lowest BCUT2D eigenvalue weighted by Gasteiger charge is -2.15. The third-order valence-corrected chi connectivity index (χ3v) is 3.26. The van der Waals surface area contributed by atoms with Crippen LogP contribution < -0.4 is 10.1 Å². The molecule has 0 amide bonds. The van der Waals surface area contributed by atoms with Gasteiger partial charge in [-0.1, -0.05) is 13.8 Å². The smallest absolute Gasteiger partial charge is 0.129 e. The highest BCUT2D eigenvalue weighted by atomic mass is 16.5. The summed E-state index contributed by atoms with van der Waals surface area (Å²) in [6.07, 6.45) is -0.556. The van der Waals surface area contributed by atoms with Crippen LogP contribution in [0.2, 0.25) is 0 Å². The highest BCUT2D eigenvalue weighted by Crippen LogP contribution is 2.28. The number of fused-ring (bicyclic) bond motifs is 1. The Balaban J connectivity index is 2.08. The first-order valence-corrected chi connectivity index (χ1v) is 7.27. The SMILES string of the molecule is Cc1cc(OCC(O)CNC(C)C)c2cc(CO)[nH]c2c1. The van der Waals surface area contributed by atoms with Crippen molar-refractivity contribution in [3.63, 3.8) is 0 Å². The number of aromatic amines is 1. The molecule has 0 fully saturated rings. The zero-order valence-corrected chi connectivity index (χ0v) is 12.8. The fraction of sp³-hybridized carbons (Fsp3) is 0.500. The minimum atomic E-state index is -0.556. The molecule has 1 aromatic carbocycles. The van der Waals surface area contributed by atoms with Gasteiger partial charge in [-0.3, -0.25) is 0 Å². The second kappa shape index (κ2) is 6.93. The van der Waals surface area contributed by atoms with Crippen LogP contribution >= 0.6 is 0 Å². The maximum absolute atomic E-state index is 9.92. The van der Waals surface area contributed by atoms with Gasteiger partial charge < -0.3 is 25.3 Å². The molecule has 1 aromatic heterocycles. The normalized spacial score (nSPS) is 13.0. The van der Waals surface area contributed by atoms with Gasteiger partial charge in [0.15, 0.2) is 0 Å². The minimum Gasteiger partial charge on any atom is -0.490 e. The fourth-order valence-corrected chi connectivity index (χ4v) is 2.22. The molecule has 5 heteroatoms. The summed E-state index contributed by atoms with van der Waals surface area (Å²) in [7, 11) is 0. The highest BCUT2D eigenvalue weighted by molar-refractivity contribution is 5.87. The van der Waals surface area contributed by atoms with Crippen molar-refractivity contribution in [1.29, 1.82) is 0 Å². The van der Waals surface area contributed by atoms with Crippen molar-refractivity contribution >= 4 is 10.9 Å². The summed E-state index contributed by atoms with van der Waals surface area (Å²) in [5.41, 5.74) is 2.75. The lowest BCUT2D eigenvalue weighted by molar-refractivity contribution is 0.105. The third-order valence-electron chi connectivity index (χ3n) is 3.26. The number of hydrogen-bond acceptors (Lipinski definition) is 4. The molecule has 4 N–H and O–H groups in total. The van der Waals surface area contributed by atoms with Gasteiger partial charge in [-0.2, -0.15) is 0 Å². The summed E-state index contributed by atoms with van der Waals surface area (Å²) in [5.74, 6) is 0.726. The second-order valence-electron chi connectivity index (χ2n) is 5.70. The number of hydrogen-bond donors (Lipinski definition) is 4. The summed E-state index contributed by atoms with van der Waals surface area (Å²) in [6.45, 7) is 6.76. The molecule has 2 aromatic rings. The maximum Gasteiger partial charge on any atom is 0.129 e. The molecule has 0 aliphatic heterocycles. The van der Waals surface area contributed by atoms with Gasteiger partial charge in [0, 0.05) is 29.2 Å². The van der Waals surface area contributed by atoms with Crippen molar-refractivity contribution in [2.75, 3.05) is 13.2 Å². The zero-order valence-electron chi connectivity index (χ0n) is 12.8. The summed E-state index contributed by atoms with van der Waals surface area (Å²) in [5, 5.41) is 23.2. The van der Waals surface area contributed by atoms with Crippen LogP contribution in [-0.2, 0) is 6.61 Å². The molecular weight excluding hydrogens is 268 g/mol. The largest absolute Gasteiger partial charge is 0.490 e. The molecule has 1 atom stereocenters.